The maximum atomic E-state index is 5.70. The lowest BCUT2D eigenvalue weighted by molar-refractivity contribution is 0.159. The average molecular weight is 290 g/mol. The molecule has 106 valence electrons. The lowest BCUT2D eigenvalue weighted by atomic mass is 10.1. The first-order chi connectivity index (χ1) is 9.92. The van der Waals surface area contributed by atoms with Gasteiger partial charge in [0.2, 0.25) is 0 Å². The van der Waals surface area contributed by atoms with Crippen molar-refractivity contribution in [1.29, 1.82) is 0 Å². The number of rotatable bonds is 3. The Balaban J connectivity index is 1.56. The highest BCUT2D eigenvalue weighted by Gasteiger charge is 2.34. The van der Waals surface area contributed by atoms with Gasteiger partial charge in [0.25, 0.3) is 0 Å². The van der Waals surface area contributed by atoms with Crippen LogP contribution < -0.4 is 5.32 Å². The van der Waals surface area contributed by atoms with Gasteiger partial charge >= 0.3 is 0 Å². The number of nitrogens with one attached hydrogen (secondary N) is 1. The van der Waals surface area contributed by atoms with Gasteiger partial charge in [-0.25, -0.2) is 9.97 Å². The molecule has 0 bridgehead atoms. The number of nitrogens with zero attached hydrogens (tertiary/aromatic N) is 3. The third-order valence-corrected chi connectivity index (χ3v) is 5.06. The summed E-state index contributed by atoms with van der Waals surface area (Å²) < 4.78 is 5.70. The summed E-state index contributed by atoms with van der Waals surface area (Å²) in [6, 6.07) is 2.88. The zero-order valence-corrected chi connectivity index (χ0v) is 12.1. The highest BCUT2D eigenvalue weighted by atomic mass is 32.1. The van der Waals surface area contributed by atoms with Gasteiger partial charge in [0, 0.05) is 0 Å². The van der Waals surface area contributed by atoms with Gasteiger partial charge in [0.15, 0.2) is 0 Å². The summed E-state index contributed by atoms with van der Waals surface area (Å²) in [4.78, 5) is 12.3. The minimum Gasteiger partial charge on any atom is -0.378 e. The van der Waals surface area contributed by atoms with Gasteiger partial charge in [-0.3, -0.25) is 4.90 Å². The van der Waals surface area contributed by atoms with Gasteiger partial charge in [0.1, 0.15) is 17.0 Å². The summed E-state index contributed by atoms with van der Waals surface area (Å²) in [5, 5.41) is 6.76. The summed E-state index contributed by atoms with van der Waals surface area (Å²) >= 11 is 1.65. The Morgan fingerprint density at radius 1 is 1.25 bits per heavy atom. The fraction of sp³-hybridized carbons (Fsp3) is 0.571. The molecule has 0 radical (unpaired) electrons. The first-order valence-corrected chi connectivity index (χ1v) is 8.06. The third kappa shape index (κ3) is 2.17. The average Bonchev–Trinajstić information content (AvgIpc) is 3.20. The molecule has 0 unspecified atom stereocenters. The molecule has 0 amide bonds. The maximum absolute atomic E-state index is 5.70. The number of hydrogen-bond donors (Lipinski definition) is 1. The topological polar surface area (TPSA) is 50.3 Å². The molecule has 2 aromatic heterocycles. The van der Waals surface area contributed by atoms with E-state index in [0.29, 0.717) is 12.1 Å². The summed E-state index contributed by atoms with van der Waals surface area (Å²) in [6.07, 6.45) is 4.26. The molecule has 5 nitrogen and oxygen atoms in total. The second-order valence-electron chi connectivity index (χ2n) is 5.46. The van der Waals surface area contributed by atoms with Crippen LogP contribution in [-0.2, 0) is 4.74 Å². The number of likely N-dealkylation sites (tertiary alicyclic amines) is 1. The Labute approximate surface area is 122 Å². The van der Waals surface area contributed by atoms with E-state index in [1.165, 1.54) is 25.9 Å². The Morgan fingerprint density at radius 2 is 2.15 bits per heavy atom. The second-order valence-corrected chi connectivity index (χ2v) is 6.35. The molecule has 2 aliphatic heterocycles. The fourth-order valence-corrected chi connectivity index (χ4v) is 3.93. The van der Waals surface area contributed by atoms with E-state index in [9.17, 15) is 0 Å². The summed E-state index contributed by atoms with van der Waals surface area (Å²) in [5.41, 5.74) is 0. The summed E-state index contributed by atoms with van der Waals surface area (Å²) in [5.74, 6) is 0.941. The number of fused-ring (bicyclic) bond motifs is 1. The number of anilines is 1. The molecular weight excluding hydrogens is 272 g/mol. The highest BCUT2D eigenvalue weighted by molar-refractivity contribution is 7.16. The van der Waals surface area contributed by atoms with Crippen LogP contribution in [0.15, 0.2) is 17.8 Å². The van der Waals surface area contributed by atoms with E-state index in [2.05, 4.69) is 31.6 Å². The standard InChI is InChI=1S/C14H18N4OS/c1-2-5-18(4-1)12-8-19-7-11(12)17-13-10-3-6-20-14(10)16-9-15-13/h3,6,9,11-12H,1-2,4-5,7-8H2,(H,15,16,17)/t11-,12-/m0/s1. The molecule has 2 aromatic rings. The monoisotopic (exact) mass is 290 g/mol. The van der Waals surface area contributed by atoms with E-state index >= 15 is 0 Å². The third-order valence-electron chi connectivity index (χ3n) is 4.24. The molecule has 4 rings (SSSR count). The zero-order valence-electron chi connectivity index (χ0n) is 11.3. The van der Waals surface area contributed by atoms with Gasteiger partial charge < -0.3 is 10.1 Å². The molecule has 1 N–H and O–H groups in total. The SMILES string of the molecule is c1nc(N[C@H]2COC[C@@H]2N2CCCC2)c2ccsc2n1. The minimum atomic E-state index is 0.325. The molecule has 0 aromatic carbocycles. The van der Waals surface area contributed by atoms with Crippen molar-refractivity contribution in [3.05, 3.63) is 17.8 Å². The van der Waals surface area contributed by atoms with Crippen LogP contribution in [0.3, 0.4) is 0 Å². The molecular formula is C14H18N4OS. The van der Waals surface area contributed by atoms with Crippen LogP contribution in [0.5, 0.6) is 0 Å². The summed E-state index contributed by atoms with van der Waals surface area (Å²) in [7, 11) is 0. The molecule has 2 atom stereocenters. The van der Waals surface area contributed by atoms with Crippen LogP contribution >= 0.6 is 11.3 Å². The predicted molar refractivity (Wildman–Crippen MR) is 80.2 cm³/mol. The predicted octanol–water partition coefficient (Wildman–Crippen LogP) is 1.97. The van der Waals surface area contributed by atoms with E-state index in [-0.39, 0.29) is 0 Å². The van der Waals surface area contributed by atoms with Crippen molar-refractivity contribution in [2.24, 2.45) is 0 Å². The van der Waals surface area contributed by atoms with Gasteiger partial charge in [-0.15, -0.1) is 11.3 Å². The lowest BCUT2D eigenvalue weighted by Gasteiger charge is -2.28. The second kappa shape index (κ2) is 5.27. The van der Waals surface area contributed by atoms with Crippen LogP contribution in [-0.4, -0.2) is 53.3 Å². The van der Waals surface area contributed by atoms with Gasteiger partial charge in [-0.2, -0.15) is 0 Å². The largest absolute Gasteiger partial charge is 0.378 e. The molecule has 2 aliphatic rings. The number of ether oxygens (including phenoxy) is 1. The molecule has 0 saturated carbocycles. The molecule has 0 aliphatic carbocycles. The Bertz CT molecular complexity index is 596. The number of aromatic nitrogens is 2. The van der Waals surface area contributed by atoms with Crippen LogP contribution in [0.25, 0.3) is 10.2 Å². The maximum Gasteiger partial charge on any atom is 0.138 e. The van der Waals surface area contributed by atoms with E-state index in [1.54, 1.807) is 17.7 Å². The van der Waals surface area contributed by atoms with Gasteiger partial charge in [-0.05, 0) is 37.4 Å². The molecule has 20 heavy (non-hydrogen) atoms. The first-order valence-electron chi connectivity index (χ1n) is 7.18. The minimum absolute atomic E-state index is 0.325. The summed E-state index contributed by atoms with van der Waals surface area (Å²) in [6.45, 7) is 3.99. The fourth-order valence-electron chi connectivity index (χ4n) is 3.19. The van der Waals surface area contributed by atoms with Crippen LogP contribution in [0.2, 0.25) is 0 Å². The van der Waals surface area contributed by atoms with Crippen molar-refractivity contribution in [2.75, 3.05) is 31.6 Å². The Kier molecular flexibility index (Phi) is 3.29. The normalized spacial score (nSPS) is 27.4. The molecule has 0 spiro atoms. The van der Waals surface area contributed by atoms with Crippen molar-refractivity contribution >= 4 is 27.4 Å². The number of hydrogen-bond acceptors (Lipinski definition) is 6. The van der Waals surface area contributed by atoms with E-state index in [4.69, 9.17) is 4.74 Å². The molecule has 4 heterocycles. The highest BCUT2D eigenvalue weighted by Crippen LogP contribution is 2.27. The zero-order chi connectivity index (χ0) is 13.4. The quantitative estimate of drug-likeness (QED) is 0.936. The van der Waals surface area contributed by atoms with Gasteiger partial charge in [0.05, 0.1) is 30.7 Å². The van der Waals surface area contributed by atoms with Crippen molar-refractivity contribution in [2.45, 2.75) is 24.9 Å². The number of thiophene rings is 1. The van der Waals surface area contributed by atoms with Crippen molar-refractivity contribution in [3.8, 4) is 0 Å². The van der Waals surface area contributed by atoms with E-state index in [0.717, 1.165) is 29.2 Å². The first kappa shape index (κ1) is 12.5. The van der Waals surface area contributed by atoms with Crippen molar-refractivity contribution in [1.82, 2.24) is 14.9 Å². The van der Waals surface area contributed by atoms with E-state index < -0.39 is 0 Å². The molecule has 2 fully saturated rings. The molecule has 6 heteroatoms. The molecule has 2 saturated heterocycles. The lowest BCUT2D eigenvalue weighted by Crippen LogP contribution is -2.45. The van der Waals surface area contributed by atoms with Crippen molar-refractivity contribution in [3.63, 3.8) is 0 Å². The van der Waals surface area contributed by atoms with Crippen molar-refractivity contribution < 1.29 is 4.74 Å². The van der Waals surface area contributed by atoms with Gasteiger partial charge in [-0.1, -0.05) is 0 Å². The van der Waals surface area contributed by atoms with Crippen LogP contribution in [0.4, 0.5) is 5.82 Å². The van der Waals surface area contributed by atoms with Crippen LogP contribution in [0, 0.1) is 0 Å². The van der Waals surface area contributed by atoms with Crippen LogP contribution in [0.1, 0.15) is 12.8 Å². The Morgan fingerprint density at radius 3 is 3.05 bits per heavy atom. The Hall–Kier alpha value is -1.24. The smallest absolute Gasteiger partial charge is 0.138 e. The van der Waals surface area contributed by atoms with E-state index in [1.807, 2.05) is 0 Å².